The SMILES string of the molecule is CN(C(=O)c1ccc(F)cc1F)c1cccc(C(=O)Cc2c(I)cc(C(F)(C(F)(F)F)C(F)(F)F)cc2C(F)(F)F)c1F. The lowest BCUT2D eigenvalue weighted by Crippen LogP contribution is -2.50. The van der Waals surface area contributed by atoms with Gasteiger partial charge in [-0.1, -0.05) is 6.07 Å². The van der Waals surface area contributed by atoms with Crippen LogP contribution < -0.4 is 4.90 Å². The van der Waals surface area contributed by atoms with Crippen molar-refractivity contribution in [3.8, 4) is 0 Å². The van der Waals surface area contributed by atoms with Crippen LogP contribution in [0.25, 0.3) is 0 Å². The molecule has 0 spiro atoms. The maximum absolute atomic E-state index is 15.3. The van der Waals surface area contributed by atoms with Crippen LogP contribution >= 0.6 is 22.6 Å². The summed E-state index contributed by atoms with van der Waals surface area (Å²) in [6, 6.07) is 3.59. The Morgan fingerprint density at radius 3 is 1.88 bits per heavy atom. The minimum Gasteiger partial charge on any atom is -0.309 e. The molecular formula is C26H13F13INO2. The Balaban J connectivity index is 2.08. The van der Waals surface area contributed by atoms with Crippen LogP contribution in [0.3, 0.4) is 0 Å². The van der Waals surface area contributed by atoms with E-state index in [1.54, 1.807) is 0 Å². The first-order valence-corrected chi connectivity index (χ1v) is 12.4. The van der Waals surface area contributed by atoms with E-state index >= 15 is 4.39 Å². The van der Waals surface area contributed by atoms with Gasteiger partial charge in [0.15, 0.2) is 11.6 Å². The number of halogens is 14. The number of ketones is 1. The zero-order chi connectivity index (χ0) is 32.9. The van der Waals surface area contributed by atoms with Crippen molar-refractivity contribution in [2.45, 2.75) is 30.6 Å². The maximum Gasteiger partial charge on any atom is 0.435 e. The monoisotopic (exact) mass is 745 g/mol. The summed E-state index contributed by atoms with van der Waals surface area (Å²) in [7, 11) is 0.922. The molecule has 0 aliphatic carbocycles. The normalized spacial score (nSPS) is 12.8. The van der Waals surface area contributed by atoms with Crippen LogP contribution in [-0.4, -0.2) is 31.1 Å². The Kier molecular flexibility index (Phi) is 9.21. The van der Waals surface area contributed by atoms with Gasteiger partial charge in [0.1, 0.15) is 11.6 Å². The molecule has 0 heterocycles. The van der Waals surface area contributed by atoms with E-state index in [9.17, 15) is 62.3 Å². The van der Waals surface area contributed by atoms with Gasteiger partial charge in [-0.2, -0.15) is 39.5 Å². The topological polar surface area (TPSA) is 37.4 Å². The van der Waals surface area contributed by atoms with Crippen LogP contribution in [0.4, 0.5) is 62.8 Å². The minimum atomic E-state index is -6.72. The molecule has 0 N–H and O–H groups in total. The predicted molar refractivity (Wildman–Crippen MR) is 133 cm³/mol. The summed E-state index contributed by atoms with van der Waals surface area (Å²) < 4.78 is 177. The van der Waals surface area contributed by atoms with Crippen LogP contribution in [0.1, 0.15) is 37.4 Å². The third-order valence-corrected chi connectivity index (χ3v) is 7.09. The first kappa shape index (κ1) is 34.1. The van der Waals surface area contributed by atoms with Crippen LogP contribution in [0.5, 0.6) is 0 Å². The van der Waals surface area contributed by atoms with Crippen LogP contribution in [0, 0.1) is 21.0 Å². The number of carbonyl (C=O) groups is 2. The van der Waals surface area contributed by atoms with Gasteiger partial charge < -0.3 is 4.90 Å². The lowest BCUT2D eigenvalue weighted by molar-refractivity contribution is -0.348. The van der Waals surface area contributed by atoms with E-state index in [1.807, 2.05) is 0 Å². The molecule has 3 rings (SSSR count). The summed E-state index contributed by atoms with van der Waals surface area (Å²) in [5.41, 5.74) is -14.4. The highest BCUT2D eigenvalue weighted by Crippen LogP contribution is 2.54. The van der Waals surface area contributed by atoms with E-state index in [1.165, 1.54) is 0 Å². The quantitative estimate of drug-likeness (QED) is 0.144. The molecular weight excluding hydrogens is 732 g/mol. The van der Waals surface area contributed by atoms with Crippen molar-refractivity contribution >= 4 is 40.0 Å². The zero-order valence-corrected chi connectivity index (χ0v) is 23.0. The van der Waals surface area contributed by atoms with Crippen LogP contribution in [0.2, 0.25) is 0 Å². The summed E-state index contributed by atoms with van der Waals surface area (Å²) in [4.78, 5) is 26.1. The van der Waals surface area contributed by atoms with Crippen molar-refractivity contribution in [1.29, 1.82) is 0 Å². The third kappa shape index (κ3) is 6.45. The van der Waals surface area contributed by atoms with Crippen LogP contribution in [-0.2, 0) is 18.3 Å². The van der Waals surface area contributed by atoms with E-state index in [0.29, 0.717) is 11.0 Å². The number of amides is 1. The molecule has 0 saturated heterocycles. The van der Waals surface area contributed by atoms with Gasteiger partial charge >= 0.3 is 24.2 Å². The molecule has 0 aliphatic rings. The Morgan fingerprint density at radius 1 is 0.791 bits per heavy atom. The first-order valence-electron chi connectivity index (χ1n) is 11.3. The smallest absolute Gasteiger partial charge is 0.309 e. The number of alkyl halides is 10. The molecule has 0 atom stereocenters. The Labute approximate surface area is 246 Å². The van der Waals surface area contributed by atoms with Crippen molar-refractivity contribution in [3.63, 3.8) is 0 Å². The van der Waals surface area contributed by atoms with Crippen molar-refractivity contribution in [3.05, 3.63) is 97.4 Å². The zero-order valence-electron chi connectivity index (χ0n) is 20.9. The highest BCUT2D eigenvalue weighted by atomic mass is 127. The van der Waals surface area contributed by atoms with Crippen molar-refractivity contribution in [1.82, 2.24) is 0 Å². The van der Waals surface area contributed by atoms with Gasteiger partial charge in [0.25, 0.3) is 5.91 Å². The summed E-state index contributed by atoms with van der Waals surface area (Å²) >= 11 is 0.885. The van der Waals surface area contributed by atoms with Gasteiger partial charge in [-0.3, -0.25) is 9.59 Å². The maximum atomic E-state index is 15.3. The molecule has 232 valence electrons. The van der Waals surface area contributed by atoms with Gasteiger partial charge in [0.05, 0.1) is 22.4 Å². The second-order valence-electron chi connectivity index (χ2n) is 8.86. The molecule has 43 heavy (non-hydrogen) atoms. The second-order valence-corrected chi connectivity index (χ2v) is 10.0. The van der Waals surface area contributed by atoms with E-state index in [-0.39, 0.29) is 6.07 Å². The average molecular weight is 745 g/mol. The molecule has 0 fully saturated rings. The van der Waals surface area contributed by atoms with E-state index < -0.39 is 103 Å². The number of hydrogen-bond donors (Lipinski definition) is 0. The first-order chi connectivity index (χ1) is 19.5. The number of Topliss-reactive ketones (excluding diaryl/α,β-unsaturated/α-hetero) is 1. The molecule has 3 aromatic rings. The molecule has 0 aromatic heterocycles. The van der Waals surface area contributed by atoms with Gasteiger partial charge in [0, 0.05) is 28.7 Å². The van der Waals surface area contributed by atoms with E-state index in [4.69, 9.17) is 0 Å². The fourth-order valence-corrected chi connectivity index (χ4v) is 4.78. The highest BCUT2D eigenvalue weighted by Gasteiger charge is 2.73. The molecule has 17 heteroatoms. The molecule has 3 nitrogen and oxygen atoms in total. The Bertz CT molecular complexity index is 1560. The fraction of sp³-hybridized carbons (Fsp3) is 0.231. The number of benzene rings is 3. The molecule has 0 aliphatic heterocycles. The molecule has 0 saturated carbocycles. The van der Waals surface area contributed by atoms with Gasteiger partial charge in [0.2, 0.25) is 0 Å². The molecule has 0 unspecified atom stereocenters. The lowest BCUT2D eigenvalue weighted by atomic mass is 9.89. The van der Waals surface area contributed by atoms with Gasteiger partial charge in [-0.05, 0) is 64.6 Å². The van der Waals surface area contributed by atoms with Crippen molar-refractivity contribution < 1.29 is 66.7 Å². The standard InChI is InChI=1S/C26H13F13INO2/c1-41(22(43)13-6-5-12(27)9-17(13)28)19-4-2-3-14(21(19)29)20(42)10-15-16(24(31,32)33)7-11(8-18(15)40)23(30,25(34,35)36)26(37,38)39/h2-9H,10H2,1H3. The van der Waals surface area contributed by atoms with E-state index in [0.717, 1.165) is 60.0 Å². The summed E-state index contributed by atoms with van der Waals surface area (Å²) in [6.07, 6.45) is -20.6. The molecule has 3 aromatic carbocycles. The number of carbonyl (C=O) groups excluding carboxylic acids is 2. The summed E-state index contributed by atoms with van der Waals surface area (Å²) in [5, 5.41) is 0. The number of rotatable bonds is 6. The number of nitrogens with zero attached hydrogens (tertiary/aromatic N) is 1. The molecule has 0 radical (unpaired) electrons. The Morgan fingerprint density at radius 2 is 1.37 bits per heavy atom. The van der Waals surface area contributed by atoms with Gasteiger partial charge in [-0.25, -0.2) is 17.6 Å². The molecule has 1 amide bonds. The molecule has 0 bridgehead atoms. The summed E-state index contributed by atoms with van der Waals surface area (Å²) in [5.74, 6) is -6.57. The van der Waals surface area contributed by atoms with Crippen molar-refractivity contribution in [2.24, 2.45) is 0 Å². The average Bonchev–Trinajstić information content (AvgIpc) is 2.86. The lowest BCUT2D eigenvalue weighted by Gasteiger charge is -2.31. The second kappa shape index (κ2) is 11.6. The highest BCUT2D eigenvalue weighted by molar-refractivity contribution is 14.1. The predicted octanol–water partition coefficient (Wildman–Crippen LogP) is 8.72. The van der Waals surface area contributed by atoms with Crippen molar-refractivity contribution in [2.75, 3.05) is 11.9 Å². The minimum absolute atomic E-state index is 0.157. The summed E-state index contributed by atoms with van der Waals surface area (Å²) in [6.45, 7) is 0. The Hall–Kier alpha value is -3.38. The largest absolute Gasteiger partial charge is 0.435 e. The number of anilines is 1. The fourth-order valence-electron chi connectivity index (χ4n) is 3.96. The van der Waals surface area contributed by atoms with Crippen LogP contribution in [0.15, 0.2) is 48.5 Å². The number of hydrogen-bond acceptors (Lipinski definition) is 2. The van der Waals surface area contributed by atoms with E-state index in [2.05, 4.69) is 0 Å². The third-order valence-electron chi connectivity index (χ3n) is 6.12. The van der Waals surface area contributed by atoms with Gasteiger partial charge in [-0.15, -0.1) is 0 Å².